The summed E-state index contributed by atoms with van der Waals surface area (Å²) in [6.07, 6.45) is 9.80. The molecule has 0 heterocycles. The van der Waals surface area contributed by atoms with Crippen LogP contribution in [0.3, 0.4) is 0 Å². The largest absolute Gasteiger partial charge is 0.545 e. The van der Waals surface area contributed by atoms with Gasteiger partial charge >= 0.3 is 0 Å². The van der Waals surface area contributed by atoms with Gasteiger partial charge in [-0.2, -0.15) is 0 Å². The van der Waals surface area contributed by atoms with Crippen molar-refractivity contribution in [3.63, 3.8) is 0 Å². The minimum atomic E-state index is -1.48. The average molecular weight is 304 g/mol. The Morgan fingerprint density at radius 3 is 2.00 bits per heavy atom. The van der Waals surface area contributed by atoms with Crippen LogP contribution in [0.1, 0.15) is 84.6 Å². The first-order chi connectivity index (χ1) is 10.6. The lowest BCUT2D eigenvalue weighted by Crippen LogP contribution is -2.31. The van der Waals surface area contributed by atoms with Crippen molar-refractivity contribution in [2.75, 3.05) is 0 Å². The van der Waals surface area contributed by atoms with Crippen LogP contribution < -0.4 is 10.2 Å². The molecule has 4 nitrogen and oxygen atoms in total. The third-order valence-corrected chi connectivity index (χ3v) is 3.87. The SMILES string of the molecule is CCCCCCCCCCc1cccc(C(=O)[O-])c1C(=O)[O-]. The second-order valence-corrected chi connectivity index (χ2v) is 5.64. The molecule has 0 N–H and O–H groups in total. The van der Waals surface area contributed by atoms with Gasteiger partial charge in [-0.25, -0.2) is 0 Å². The molecule has 0 radical (unpaired) electrons. The maximum atomic E-state index is 11.2. The van der Waals surface area contributed by atoms with E-state index in [0.717, 1.165) is 19.3 Å². The molecule has 22 heavy (non-hydrogen) atoms. The number of carboxylic acid groups (broad SMARTS) is 2. The molecule has 0 unspecified atom stereocenters. The summed E-state index contributed by atoms with van der Waals surface area (Å²) in [6, 6.07) is 4.45. The molecule has 1 aromatic carbocycles. The summed E-state index contributed by atoms with van der Waals surface area (Å²) >= 11 is 0. The number of rotatable bonds is 11. The Hall–Kier alpha value is -1.84. The lowest BCUT2D eigenvalue weighted by molar-refractivity contribution is -0.259. The number of aromatic carboxylic acids is 2. The van der Waals surface area contributed by atoms with Gasteiger partial charge in [0, 0.05) is 11.1 Å². The minimum Gasteiger partial charge on any atom is -0.545 e. The highest BCUT2D eigenvalue weighted by Gasteiger charge is 2.10. The highest BCUT2D eigenvalue weighted by Crippen LogP contribution is 2.17. The molecule has 0 atom stereocenters. The number of carboxylic acids is 2. The minimum absolute atomic E-state index is 0.231. The quantitative estimate of drug-likeness (QED) is 0.586. The van der Waals surface area contributed by atoms with Crippen molar-refractivity contribution < 1.29 is 19.8 Å². The van der Waals surface area contributed by atoms with Gasteiger partial charge in [-0.3, -0.25) is 0 Å². The summed E-state index contributed by atoms with van der Waals surface area (Å²) in [6.45, 7) is 2.19. The van der Waals surface area contributed by atoms with Gasteiger partial charge in [0.05, 0.1) is 11.9 Å². The average Bonchev–Trinajstić information content (AvgIpc) is 2.49. The van der Waals surface area contributed by atoms with Crippen molar-refractivity contribution in [1.29, 1.82) is 0 Å². The van der Waals surface area contributed by atoms with E-state index in [2.05, 4.69) is 6.92 Å². The Bertz CT molecular complexity index is 494. The number of aryl methyl sites for hydroxylation is 1. The first-order valence-corrected chi connectivity index (χ1v) is 8.12. The first-order valence-electron chi connectivity index (χ1n) is 8.12. The number of carbonyl (C=O) groups excluding carboxylic acids is 2. The van der Waals surface area contributed by atoms with Crippen LogP contribution in [0.4, 0.5) is 0 Å². The van der Waals surface area contributed by atoms with Crippen molar-refractivity contribution in [3.8, 4) is 0 Å². The summed E-state index contributed by atoms with van der Waals surface area (Å²) in [5.41, 5.74) is -0.00445. The maximum Gasteiger partial charge on any atom is 0.0724 e. The fraction of sp³-hybridized carbons (Fsp3) is 0.556. The molecule has 1 rings (SSSR count). The zero-order chi connectivity index (χ0) is 16.4. The van der Waals surface area contributed by atoms with Gasteiger partial charge < -0.3 is 19.8 Å². The van der Waals surface area contributed by atoms with E-state index in [1.807, 2.05) is 0 Å². The number of hydrogen-bond acceptors (Lipinski definition) is 4. The van der Waals surface area contributed by atoms with Gasteiger partial charge in [-0.1, -0.05) is 70.1 Å². The molecular weight excluding hydrogens is 280 g/mol. The van der Waals surface area contributed by atoms with Gasteiger partial charge in [0.2, 0.25) is 0 Å². The molecule has 122 valence electrons. The van der Waals surface area contributed by atoms with Crippen molar-refractivity contribution in [2.45, 2.75) is 64.7 Å². The molecule has 4 heteroatoms. The van der Waals surface area contributed by atoms with E-state index in [1.165, 1.54) is 38.2 Å². The normalized spacial score (nSPS) is 10.6. The van der Waals surface area contributed by atoms with Gasteiger partial charge in [0.1, 0.15) is 0 Å². The molecule has 0 spiro atoms. The van der Waals surface area contributed by atoms with E-state index in [9.17, 15) is 19.8 Å². The zero-order valence-electron chi connectivity index (χ0n) is 13.2. The van der Waals surface area contributed by atoms with Crippen LogP contribution in [-0.4, -0.2) is 11.9 Å². The van der Waals surface area contributed by atoms with Crippen LogP contribution in [0.15, 0.2) is 18.2 Å². The Morgan fingerprint density at radius 1 is 0.864 bits per heavy atom. The second kappa shape index (κ2) is 9.98. The smallest absolute Gasteiger partial charge is 0.0724 e. The van der Waals surface area contributed by atoms with Crippen LogP contribution in [0.5, 0.6) is 0 Å². The van der Waals surface area contributed by atoms with Crippen molar-refractivity contribution in [2.24, 2.45) is 0 Å². The molecule has 0 aromatic heterocycles. The van der Waals surface area contributed by atoms with Crippen molar-refractivity contribution in [3.05, 3.63) is 34.9 Å². The molecule has 0 aliphatic rings. The second-order valence-electron chi connectivity index (χ2n) is 5.64. The highest BCUT2D eigenvalue weighted by molar-refractivity contribution is 6.01. The Morgan fingerprint density at radius 2 is 1.45 bits per heavy atom. The first kappa shape index (κ1) is 18.2. The topological polar surface area (TPSA) is 80.3 Å². The lowest BCUT2D eigenvalue weighted by atomic mass is 9.96. The predicted octanol–water partition coefficient (Wildman–Crippen LogP) is 2.10. The van der Waals surface area contributed by atoms with Gasteiger partial charge in [0.15, 0.2) is 0 Å². The van der Waals surface area contributed by atoms with Crippen LogP contribution in [-0.2, 0) is 6.42 Å². The van der Waals surface area contributed by atoms with Gasteiger partial charge in [-0.15, -0.1) is 0 Å². The molecular formula is C18H24O4-2. The molecule has 0 aliphatic carbocycles. The van der Waals surface area contributed by atoms with E-state index in [4.69, 9.17) is 0 Å². The summed E-state index contributed by atoms with van der Waals surface area (Å²) in [5, 5.41) is 22.2. The molecule has 0 saturated carbocycles. The van der Waals surface area contributed by atoms with Crippen LogP contribution >= 0.6 is 0 Å². The van der Waals surface area contributed by atoms with E-state index in [0.29, 0.717) is 12.0 Å². The lowest BCUT2D eigenvalue weighted by Gasteiger charge is -2.16. The summed E-state index contributed by atoms with van der Waals surface area (Å²) in [4.78, 5) is 22.2. The molecule has 0 amide bonds. The van der Waals surface area contributed by atoms with E-state index in [1.54, 1.807) is 12.1 Å². The van der Waals surface area contributed by atoms with E-state index >= 15 is 0 Å². The van der Waals surface area contributed by atoms with Gasteiger partial charge in [0.25, 0.3) is 0 Å². The summed E-state index contributed by atoms with van der Waals surface area (Å²) < 4.78 is 0. The molecule has 0 bridgehead atoms. The molecule has 0 saturated heterocycles. The molecule has 0 fully saturated rings. The Labute approximate surface area is 132 Å². The summed E-state index contributed by atoms with van der Waals surface area (Å²) in [7, 11) is 0. The third kappa shape index (κ3) is 5.88. The number of hydrogen-bond donors (Lipinski definition) is 0. The van der Waals surface area contributed by atoms with Crippen molar-refractivity contribution >= 4 is 11.9 Å². The third-order valence-electron chi connectivity index (χ3n) is 3.87. The van der Waals surface area contributed by atoms with E-state index in [-0.39, 0.29) is 11.1 Å². The van der Waals surface area contributed by atoms with Gasteiger partial charge in [-0.05, 0) is 18.4 Å². The Balaban J connectivity index is 2.47. The molecule has 1 aromatic rings. The maximum absolute atomic E-state index is 11.2. The predicted molar refractivity (Wildman–Crippen MR) is 81.4 cm³/mol. The molecule has 0 aliphatic heterocycles. The van der Waals surface area contributed by atoms with E-state index < -0.39 is 11.9 Å². The number of unbranched alkanes of at least 4 members (excludes halogenated alkanes) is 7. The van der Waals surface area contributed by atoms with Crippen LogP contribution in [0, 0.1) is 0 Å². The summed E-state index contributed by atoms with van der Waals surface area (Å²) in [5.74, 6) is -2.92. The Kier molecular flexibility index (Phi) is 8.26. The fourth-order valence-electron chi connectivity index (χ4n) is 2.67. The van der Waals surface area contributed by atoms with Crippen molar-refractivity contribution in [1.82, 2.24) is 0 Å². The standard InChI is InChI=1S/C18H26O4/c1-2-3-4-5-6-7-8-9-11-14-12-10-13-15(17(19)20)16(14)18(21)22/h10,12-13H,2-9,11H2,1H3,(H,19,20)(H,21,22)/p-2. The number of carbonyl (C=O) groups is 2. The zero-order valence-corrected chi connectivity index (χ0v) is 13.2. The highest BCUT2D eigenvalue weighted by atomic mass is 16.4. The number of benzene rings is 1. The van der Waals surface area contributed by atoms with Crippen LogP contribution in [0.2, 0.25) is 0 Å². The fourth-order valence-corrected chi connectivity index (χ4v) is 2.67. The van der Waals surface area contributed by atoms with Crippen LogP contribution in [0.25, 0.3) is 0 Å². The monoisotopic (exact) mass is 304 g/mol.